The van der Waals surface area contributed by atoms with Crippen LogP contribution in [0.3, 0.4) is 0 Å². The molecule has 4 heteroatoms. The number of aryl methyl sites for hydroxylation is 1. The molecule has 1 heterocycles. The second kappa shape index (κ2) is 2.81. The van der Waals surface area contributed by atoms with E-state index in [1.807, 2.05) is 13.0 Å². The Labute approximate surface area is 75.3 Å². The minimum atomic E-state index is -0.365. The van der Waals surface area contributed by atoms with Crippen molar-refractivity contribution in [2.75, 3.05) is 6.61 Å². The Hall–Kier alpha value is -1.42. The molecular formula is C9H9NO3. The molecule has 0 amide bonds. The van der Waals surface area contributed by atoms with Gasteiger partial charge in [0.2, 0.25) is 0 Å². The second-order valence-corrected chi connectivity index (χ2v) is 3.14. The summed E-state index contributed by atoms with van der Waals surface area (Å²) in [6.07, 6.45) is -0.0553. The second-order valence-electron chi connectivity index (χ2n) is 3.14. The molecule has 13 heavy (non-hydrogen) atoms. The van der Waals surface area contributed by atoms with Gasteiger partial charge >= 0.3 is 0 Å². The summed E-state index contributed by atoms with van der Waals surface area (Å²) in [6.45, 7) is 2.51. The molecule has 1 aliphatic heterocycles. The average molecular weight is 179 g/mol. The molecular weight excluding hydrogens is 170 g/mol. The van der Waals surface area contributed by atoms with E-state index < -0.39 is 0 Å². The van der Waals surface area contributed by atoms with Gasteiger partial charge in [0.25, 0.3) is 5.69 Å². The third-order valence-corrected chi connectivity index (χ3v) is 2.06. The highest BCUT2D eigenvalue weighted by atomic mass is 16.6. The summed E-state index contributed by atoms with van der Waals surface area (Å²) >= 11 is 0. The summed E-state index contributed by atoms with van der Waals surface area (Å²) in [4.78, 5) is 10.3. The Kier molecular flexibility index (Phi) is 1.77. The van der Waals surface area contributed by atoms with Gasteiger partial charge in [0.1, 0.15) is 6.10 Å². The van der Waals surface area contributed by atoms with Gasteiger partial charge in [-0.15, -0.1) is 0 Å². The van der Waals surface area contributed by atoms with Gasteiger partial charge in [0.15, 0.2) is 0 Å². The van der Waals surface area contributed by atoms with Crippen LogP contribution in [0.15, 0.2) is 18.2 Å². The van der Waals surface area contributed by atoms with E-state index in [0.717, 1.165) is 5.56 Å². The predicted octanol–water partition coefficient (Wildman–Crippen LogP) is 1.97. The third kappa shape index (κ3) is 1.53. The fourth-order valence-electron chi connectivity index (χ4n) is 1.33. The maximum atomic E-state index is 10.6. The van der Waals surface area contributed by atoms with Gasteiger partial charge < -0.3 is 4.74 Å². The van der Waals surface area contributed by atoms with Gasteiger partial charge in [-0.1, -0.05) is 11.6 Å². The fourth-order valence-corrected chi connectivity index (χ4v) is 1.33. The maximum Gasteiger partial charge on any atom is 0.275 e. The number of rotatable bonds is 2. The number of nitro groups is 1. The van der Waals surface area contributed by atoms with E-state index >= 15 is 0 Å². The van der Waals surface area contributed by atoms with E-state index in [0.29, 0.717) is 12.2 Å². The molecule has 1 atom stereocenters. The molecule has 1 saturated heterocycles. The first-order valence-corrected chi connectivity index (χ1v) is 4.05. The summed E-state index contributed by atoms with van der Waals surface area (Å²) in [5.74, 6) is 0. The highest BCUT2D eigenvalue weighted by molar-refractivity contribution is 5.45. The van der Waals surface area contributed by atoms with Crippen molar-refractivity contribution in [2.24, 2.45) is 0 Å². The average Bonchev–Trinajstić information content (AvgIpc) is 2.85. The van der Waals surface area contributed by atoms with Crippen LogP contribution in [-0.2, 0) is 4.74 Å². The topological polar surface area (TPSA) is 55.7 Å². The smallest absolute Gasteiger partial charge is 0.275 e. The highest BCUT2D eigenvalue weighted by Crippen LogP contribution is 2.36. The van der Waals surface area contributed by atoms with Crippen LogP contribution in [-0.4, -0.2) is 11.5 Å². The van der Waals surface area contributed by atoms with Gasteiger partial charge in [-0.25, -0.2) is 0 Å². The maximum absolute atomic E-state index is 10.6. The molecule has 4 nitrogen and oxygen atoms in total. The molecule has 0 saturated carbocycles. The number of hydrogen-bond donors (Lipinski definition) is 0. The van der Waals surface area contributed by atoms with Crippen LogP contribution in [0, 0.1) is 17.0 Å². The van der Waals surface area contributed by atoms with Gasteiger partial charge in [-0.05, 0) is 13.0 Å². The van der Waals surface area contributed by atoms with Crippen molar-refractivity contribution in [1.29, 1.82) is 0 Å². The largest absolute Gasteiger partial charge is 0.368 e. The molecule has 0 bridgehead atoms. The number of nitro benzene ring substituents is 1. The molecule has 68 valence electrons. The monoisotopic (exact) mass is 179 g/mol. The van der Waals surface area contributed by atoms with E-state index in [4.69, 9.17) is 4.74 Å². The van der Waals surface area contributed by atoms with Crippen molar-refractivity contribution in [3.63, 3.8) is 0 Å². The predicted molar refractivity (Wildman–Crippen MR) is 46.5 cm³/mol. The summed E-state index contributed by atoms with van der Waals surface area (Å²) in [5.41, 5.74) is 1.88. The Morgan fingerprint density at radius 3 is 2.85 bits per heavy atom. The van der Waals surface area contributed by atoms with E-state index in [9.17, 15) is 10.1 Å². The minimum Gasteiger partial charge on any atom is -0.368 e. The minimum absolute atomic E-state index is 0.0553. The van der Waals surface area contributed by atoms with Crippen molar-refractivity contribution < 1.29 is 9.66 Å². The van der Waals surface area contributed by atoms with E-state index in [1.54, 1.807) is 6.07 Å². The standard InChI is InChI=1S/C9H9NO3/c1-6-2-3-8(10(11)12)7(4-6)9-5-13-9/h2-4,9H,5H2,1H3/t9-/m1/s1. The summed E-state index contributed by atoms with van der Waals surface area (Å²) in [6, 6.07) is 5.09. The molecule has 0 aliphatic carbocycles. The van der Waals surface area contributed by atoms with Crippen LogP contribution in [0.1, 0.15) is 17.2 Å². The molecule has 1 aromatic carbocycles. The zero-order valence-electron chi connectivity index (χ0n) is 7.19. The van der Waals surface area contributed by atoms with Crippen LogP contribution in [0.25, 0.3) is 0 Å². The molecule has 0 spiro atoms. The van der Waals surface area contributed by atoms with E-state index in [-0.39, 0.29) is 16.7 Å². The Bertz CT molecular complexity index is 358. The Balaban J connectivity index is 2.47. The van der Waals surface area contributed by atoms with Crippen molar-refractivity contribution in [3.05, 3.63) is 39.4 Å². The van der Waals surface area contributed by atoms with Gasteiger partial charge in [0.05, 0.1) is 17.1 Å². The number of hydrogen-bond acceptors (Lipinski definition) is 3. The number of ether oxygens (including phenoxy) is 1. The quantitative estimate of drug-likeness (QED) is 0.396. The molecule has 0 aromatic heterocycles. The Morgan fingerprint density at radius 2 is 2.31 bits per heavy atom. The lowest BCUT2D eigenvalue weighted by Gasteiger charge is -1.99. The zero-order valence-corrected chi connectivity index (χ0v) is 7.19. The Morgan fingerprint density at radius 1 is 1.62 bits per heavy atom. The first-order chi connectivity index (χ1) is 6.18. The number of epoxide rings is 1. The van der Waals surface area contributed by atoms with Crippen LogP contribution >= 0.6 is 0 Å². The lowest BCUT2D eigenvalue weighted by atomic mass is 10.1. The molecule has 1 fully saturated rings. The number of nitrogens with zero attached hydrogens (tertiary/aromatic N) is 1. The number of benzene rings is 1. The molecule has 0 unspecified atom stereocenters. The van der Waals surface area contributed by atoms with Crippen molar-refractivity contribution in [3.8, 4) is 0 Å². The van der Waals surface area contributed by atoms with Gasteiger partial charge in [0, 0.05) is 6.07 Å². The van der Waals surface area contributed by atoms with E-state index in [1.165, 1.54) is 6.07 Å². The molecule has 0 radical (unpaired) electrons. The summed E-state index contributed by atoms with van der Waals surface area (Å²) < 4.78 is 5.04. The van der Waals surface area contributed by atoms with Crippen molar-refractivity contribution in [1.82, 2.24) is 0 Å². The fraction of sp³-hybridized carbons (Fsp3) is 0.333. The summed E-state index contributed by atoms with van der Waals surface area (Å²) in [7, 11) is 0. The van der Waals surface area contributed by atoms with Gasteiger partial charge in [-0.3, -0.25) is 10.1 Å². The highest BCUT2D eigenvalue weighted by Gasteiger charge is 2.31. The van der Waals surface area contributed by atoms with Crippen molar-refractivity contribution >= 4 is 5.69 Å². The van der Waals surface area contributed by atoms with E-state index in [2.05, 4.69) is 0 Å². The molecule has 0 N–H and O–H groups in total. The lowest BCUT2D eigenvalue weighted by Crippen LogP contribution is -1.94. The normalized spacial score (nSPS) is 19.9. The van der Waals surface area contributed by atoms with Crippen LogP contribution in [0.2, 0.25) is 0 Å². The first-order valence-electron chi connectivity index (χ1n) is 4.05. The van der Waals surface area contributed by atoms with Crippen LogP contribution < -0.4 is 0 Å². The molecule has 1 aromatic rings. The molecule has 1 aliphatic rings. The third-order valence-electron chi connectivity index (χ3n) is 2.06. The zero-order chi connectivity index (χ0) is 9.42. The summed E-state index contributed by atoms with van der Waals surface area (Å²) in [5, 5.41) is 10.6. The molecule has 2 rings (SSSR count). The van der Waals surface area contributed by atoms with Gasteiger partial charge in [-0.2, -0.15) is 0 Å². The SMILES string of the molecule is Cc1ccc([N+](=O)[O-])c([C@H]2CO2)c1. The first kappa shape index (κ1) is 8.19. The van der Waals surface area contributed by atoms with Crippen LogP contribution in [0.5, 0.6) is 0 Å². The van der Waals surface area contributed by atoms with Crippen molar-refractivity contribution in [2.45, 2.75) is 13.0 Å². The van der Waals surface area contributed by atoms with Crippen LogP contribution in [0.4, 0.5) is 5.69 Å². The lowest BCUT2D eigenvalue weighted by molar-refractivity contribution is -0.385.